The van der Waals surface area contributed by atoms with E-state index in [0.29, 0.717) is 13.1 Å². The molecule has 3 rings (SSSR count). The largest absolute Gasteiger partial charge is 0.463 e. The Hall–Kier alpha value is -4.25. The van der Waals surface area contributed by atoms with Gasteiger partial charge in [-0.1, -0.05) is 42.5 Å². The molecule has 2 aromatic rings. The molecule has 0 bridgehead atoms. The van der Waals surface area contributed by atoms with E-state index in [9.17, 15) is 24.5 Å². The van der Waals surface area contributed by atoms with Gasteiger partial charge in [-0.05, 0) is 44.9 Å². The van der Waals surface area contributed by atoms with Crippen LogP contribution in [0.5, 0.6) is 0 Å². The van der Waals surface area contributed by atoms with E-state index in [-0.39, 0.29) is 29.1 Å². The van der Waals surface area contributed by atoms with Crippen LogP contribution in [-0.4, -0.2) is 53.7 Å². The van der Waals surface area contributed by atoms with Crippen molar-refractivity contribution >= 4 is 23.8 Å². The number of nitro benzene ring substituents is 1. The summed E-state index contributed by atoms with van der Waals surface area (Å²) < 4.78 is 10.7. The Morgan fingerprint density at radius 1 is 1.19 bits per heavy atom. The van der Waals surface area contributed by atoms with Gasteiger partial charge in [0.15, 0.2) is 0 Å². The third kappa shape index (κ3) is 6.91. The molecule has 0 spiro atoms. The number of allylic oxidation sites excluding steroid dienone is 1. The summed E-state index contributed by atoms with van der Waals surface area (Å²) in [5.41, 5.74) is 1.26. The minimum atomic E-state index is -1.28. The van der Waals surface area contributed by atoms with Crippen LogP contribution < -0.4 is 10.6 Å². The SMILES string of the molecule is CCOC(=O)C1=C(C)NC(=O)N(C(=O)OC(C)CNCCc2ccccc2)C1c1cccc([N+](=O)[O-])c1. The maximum absolute atomic E-state index is 13.2. The molecule has 1 aliphatic rings. The number of carbonyl (C=O) groups is 3. The van der Waals surface area contributed by atoms with Gasteiger partial charge < -0.3 is 20.1 Å². The first kappa shape index (κ1) is 27.3. The molecule has 1 aliphatic heterocycles. The van der Waals surface area contributed by atoms with Crippen LogP contribution in [0.2, 0.25) is 0 Å². The van der Waals surface area contributed by atoms with Crippen molar-refractivity contribution < 1.29 is 28.8 Å². The average molecular weight is 511 g/mol. The fourth-order valence-electron chi connectivity index (χ4n) is 3.98. The second-order valence-electron chi connectivity index (χ2n) is 8.45. The molecular formula is C26H30N4O7. The molecule has 2 N–H and O–H groups in total. The molecule has 0 aromatic heterocycles. The Kier molecular flexibility index (Phi) is 9.33. The molecule has 2 aromatic carbocycles. The Balaban J connectivity index is 1.80. The van der Waals surface area contributed by atoms with Gasteiger partial charge in [0.05, 0.1) is 17.1 Å². The number of hydrogen-bond donors (Lipinski definition) is 2. The summed E-state index contributed by atoms with van der Waals surface area (Å²) in [5.74, 6) is -0.759. The third-order valence-electron chi connectivity index (χ3n) is 5.70. The molecule has 37 heavy (non-hydrogen) atoms. The van der Waals surface area contributed by atoms with Crippen molar-refractivity contribution in [1.82, 2.24) is 15.5 Å². The average Bonchev–Trinajstić information content (AvgIpc) is 2.86. The predicted molar refractivity (Wildman–Crippen MR) is 134 cm³/mol. The zero-order valence-electron chi connectivity index (χ0n) is 20.9. The number of urea groups is 1. The van der Waals surface area contributed by atoms with Gasteiger partial charge in [0, 0.05) is 24.4 Å². The fraction of sp³-hybridized carbons (Fsp3) is 0.346. The van der Waals surface area contributed by atoms with Crippen LogP contribution in [0.15, 0.2) is 65.9 Å². The maximum Gasteiger partial charge on any atom is 0.419 e. The molecule has 0 radical (unpaired) electrons. The number of non-ortho nitro benzene ring substituents is 1. The van der Waals surface area contributed by atoms with E-state index in [0.717, 1.165) is 16.9 Å². The van der Waals surface area contributed by atoms with E-state index >= 15 is 0 Å². The van der Waals surface area contributed by atoms with Crippen molar-refractivity contribution in [2.24, 2.45) is 0 Å². The quantitative estimate of drug-likeness (QED) is 0.213. The van der Waals surface area contributed by atoms with Gasteiger partial charge in [0.2, 0.25) is 0 Å². The van der Waals surface area contributed by atoms with Crippen LogP contribution in [0.3, 0.4) is 0 Å². The highest BCUT2D eigenvalue weighted by atomic mass is 16.6. The number of nitrogens with one attached hydrogen (secondary N) is 2. The number of carbonyl (C=O) groups excluding carboxylic acids is 3. The maximum atomic E-state index is 13.2. The number of amides is 3. The summed E-state index contributed by atoms with van der Waals surface area (Å²) in [6.45, 7) is 5.83. The van der Waals surface area contributed by atoms with E-state index < -0.39 is 35.2 Å². The Morgan fingerprint density at radius 3 is 2.59 bits per heavy atom. The zero-order valence-corrected chi connectivity index (χ0v) is 20.9. The van der Waals surface area contributed by atoms with Crippen molar-refractivity contribution in [1.29, 1.82) is 0 Å². The number of esters is 1. The molecule has 1 heterocycles. The van der Waals surface area contributed by atoms with Gasteiger partial charge >= 0.3 is 18.1 Å². The number of nitrogens with zero attached hydrogens (tertiary/aromatic N) is 2. The van der Waals surface area contributed by atoms with Crippen molar-refractivity contribution in [2.75, 3.05) is 19.7 Å². The lowest BCUT2D eigenvalue weighted by Gasteiger charge is -2.36. The first-order chi connectivity index (χ1) is 17.7. The van der Waals surface area contributed by atoms with Crippen molar-refractivity contribution in [3.63, 3.8) is 0 Å². The molecule has 11 nitrogen and oxygen atoms in total. The van der Waals surface area contributed by atoms with Crippen LogP contribution in [0.1, 0.15) is 37.9 Å². The van der Waals surface area contributed by atoms with E-state index in [4.69, 9.17) is 9.47 Å². The lowest BCUT2D eigenvalue weighted by molar-refractivity contribution is -0.384. The summed E-state index contributed by atoms with van der Waals surface area (Å²) in [4.78, 5) is 50.5. The molecule has 196 valence electrons. The first-order valence-corrected chi connectivity index (χ1v) is 11.9. The minimum absolute atomic E-state index is 0.0208. The molecule has 2 atom stereocenters. The molecule has 11 heteroatoms. The van der Waals surface area contributed by atoms with Crippen molar-refractivity contribution in [3.8, 4) is 0 Å². The Labute approximate surface area is 214 Å². The monoisotopic (exact) mass is 510 g/mol. The predicted octanol–water partition coefficient (Wildman–Crippen LogP) is 3.86. The number of imide groups is 1. The highest BCUT2D eigenvalue weighted by Crippen LogP contribution is 2.36. The number of nitro groups is 1. The Morgan fingerprint density at radius 2 is 1.92 bits per heavy atom. The van der Waals surface area contributed by atoms with Crippen LogP contribution in [-0.2, 0) is 20.7 Å². The summed E-state index contributed by atoms with van der Waals surface area (Å²) in [7, 11) is 0. The van der Waals surface area contributed by atoms with Gasteiger partial charge in [0.25, 0.3) is 5.69 Å². The minimum Gasteiger partial charge on any atom is -0.463 e. The lowest BCUT2D eigenvalue weighted by Crippen LogP contribution is -2.52. The second-order valence-corrected chi connectivity index (χ2v) is 8.45. The topological polar surface area (TPSA) is 140 Å². The number of hydrogen-bond acceptors (Lipinski definition) is 8. The highest BCUT2D eigenvalue weighted by molar-refractivity contribution is 6.00. The highest BCUT2D eigenvalue weighted by Gasteiger charge is 2.43. The third-order valence-corrected chi connectivity index (χ3v) is 5.70. The van der Waals surface area contributed by atoms with Gasteiger partial charge in [-0.2, -0.15) is 0 Å². The van der Waals surface area contributed by atoms with Crippen molar-refractivity contribution in [2.45, 2.75) is 39.3 Å². The van der Waals surface area contributed by atoms with Gasteiger partial charge in [0.1, 0.15) is 12.1 Å². The van der Waals surface area contributed by atoms with Gasteiger partial charge in [-0.3, -0.25) is 10.1 Å². The lowest BCUT2D eigenvalue weighted by atomic mass is 9.93. The van der Waals surface area contributed by atoms with E-state index in [1.165, 1.54) is 31.2 Å². The molecule has 0 saturated carbocycles. The standard InChI is InChI=1S/C26H30N4O7/c1-4-36-24(31)22-18(3)28-25(32)29(23(22)20-11-8-12-21(15-20)30(34)35)26(33)37-17(2)16-27-14-13-19-9-6-5-7-10-19/h5-12,15,17,23,27H,4,13-14,16H2,1-3H3,(H,28,32). The number of ether oxygens (including phenoxy) is 2. The number of benzene rings is 2. The van der Waals surface area contributed by atoms with Crippen LogP contribution >= 0.6 is 0 Å². The molecule has 2 unspecified atom stereocenters. The van der Waals surface area contributed by atoms with Crippen LogP contribution in [0, 0.1) is 10.1 Å². The second kappa shape index (κ2) is 12.6. The molecule has 0 saturated heterocycles. The Bertz CT molecular complexity index is 1180. The molecule has 3 amide bonds. The summed E-state index contributed by atoms with van der Waals surface area (Å²) in [6, 6.07) is 13.2. The molecule has 0 aliphatic carbocycles. The number of rotatable bonds is 10. The van der Waals surface area contributed by atoms with Crippen LogP contribution in [0.25, 0.3) is 0 Å². The molecular weight excluding hydrogens is 480 g/mol. The van der Waals surface area contributed by atoms with E-state index in [1.54, 1.807) is 13.8 Å². The summed E-state index contributed by atoms with van der Waals surface area (Å²) in [5, 5.41) is 17.1. The normalized spacial score (nSPS) is 16.1. The van der Waals surface area contributed by atoms with Gasteiger partial charge in [-0.25, -0.2) is 19.3 Å². The zero-order chi connectivity index (χ0) is 26.9. The van der Waals surface area contributed by atoms with E-state index in [1.807, 2.05) is 30.3 Å². The van der Waals surface area contributed by atoms with Crippen LogP contribution in [0.4, 0.5) is 15.3 Å². The van der Waals surface area contributed by atoms with Gasteiger partial charge in [-0.15, -0.1) is 0 Å². The first-order valence-electron chi connectivity index (χ1n) is 11.9. The smallest absolute Gasteiger partial charge is 0.419 e. The van der Waals surface area contributed by atoms with Crippen molar-refractivity contribution in [3.05, 3.63) is 87.1 Å². The summed E-state index contributed by atoms with van der Waals surface area (Å²) in [6.07, 6.45) is -0.821. The molecule has 0 fully saturated rings. The van der Waals surface area contributed by atoms with E-state index in [2.05, 4.69) is 10.6 Å². The fourth-order valence-corrected chi connectivity index (χ4v) is 3.98. The summed E-state index contributed by atoms with van der Waals surface area (Å²) >= 11 is 0.